The summed E-state index contributed by atoms with van der Waals surface area (Å²) in [5.41, 5.74) is 10.1. The number of benzene rings is 1. The van der Waals surface area contributed by atoms with E-state index < -0.39 is 6.58 Å². The Kier molecular flexibility index (Phi) is 4.79. The van der Waals surface area contributed by atoms with Crippen molar-refractivity contribution in [1.82, 2.24) is 19.7 Å². The lowest BCUT2D eigenvalue weighted by atomic mass is 10.1. The summed E-state index contributed by atoms with van der Waals surface area (Å²) in [7, 11) is 0. The molecule has 6 nitrogen and oxygen atoms in total. The molecule has 3 heterocycles. The molecule has 1 unspecified atom stereocenters. The van der Waals surface area contributed by atoms with E-state index >= 15 is 0 Å². The summed E-state index contributed by atoms with van der Waals surface area (Å²) in [5.74, 6) is 0.549. The van der Waals surface area contributed by atoms with Crippen LogP contribution in [0.2, 0.25) is 0 Å². The van der Waals surface area contributed by atoms with Gasteiger partial charge in [-0.05, 0) is 36.8 Å². The molecule has 1 aromatic carbocycles. The van der Waals surface area contributed by atoms with Crippen LogP contribution >= 0.6 is 0 Å². The predicted molar refractivity (Wildman–Crippen MR) is 110 cm³/mol. The monoisotopic (exact) mass is 374 g/mol. The first-order valence-corrected chi connectivity index (χ1v) is 9.35. The summed E-state index contributed by atoms with van der Waals surface area (Å²) >= 11 is 0. The van der Waals surface area contributed by atoms with Crippen molar-refractivity contribution in [3.8, 4) is 17.1 Å². The maximum Gasteiger partial charge on any atom is 0.154 e. The molecule has 142 valence electrons. The molecule has 0 saturated heterocycles. The molecule has 0 spiro atoms. The van der Waals surface area contributed by atoms with Crippen LogP contribution in [0.5, 0.6) is 0 Å². The second-order valence-electron chi connectivity index (χ2n) is 6.72. The predicted octanol–water partition coefficient (Wildman–Crippen LogP) is 3.77. The lowest BCUT2D eigenvalue weighted by Crippen LogP contribution is -2.11. The van der Waals surface area contributed by atoms with E-state index in [1.807, 2.05) is 36.4 Å². The van der Waals surface area contributed by atoms with Crippen molar-refractivity contribution in [3.63, 3.8) is 0 Å². The third kappa shape index (κ3) is 3.52. The van der Waals surface area contributed by atoms with E-state index in [2.05, 4.69) is 17.0 Å². The summed E-state index contributed by atoms with van der Waals surface area (Å²) in [6, 6.07) is 17.1. The molecule has 0 bridgehead atoms. The Labute approximate surface area is 165 Å². The van der Waals surface area contributed by atoms with Gasteiger partial charge in [-0.25, -0.2) is 9.67 Å². The van der Waals surface area contributed by atoms with Crippen LogP contribution in [-0.4, -0.2) is 24.9 Å². The van der Waals surface area contributed by atoms with Gasteiger partial charge in [0, 0.05) is 17.0 Å². The van der Waals surface area contributed by atoms with Crippen molar-refractivity contribution in [1.29, 1.82) is 0 Å². The summed E-state index contributed by atoms with van der Waals surface area (Å²) in [5, 5.41) is 14.9. The van der Waals surface area contributed by atoms with Crippen LogP contribution in [0, 0.1) is 0 Å². The van der Waals surface area contributed by atoms with Crippen molar-refractivity contribution in [2.75, 3.05) is 0 Å². The Morgan fingerprint density at radius 1 is 1.14 bits per heavy atom. The minimum atomic E-state index is -1.38. The van der Waals surface area contributed by atoms with E-state index in [1.165, 1.54) is 0 Å². The van der Waals surface area contributed by atoms with E-state index in [0.717, 1.165) is 40.7 Å². The van der Waals surface area contributed by atoms with E-state index in [-0.39, 0.29) is 11.7 Å². The lowest BCUT2D eigenvalue weighted by molar-refractivity contribution is 0.276. The molecule has 0 aliphatic rings. The molecular weight excluding hydrogens is 350 g/mol. The third-order valence-corrected chi connectivity index (χ3v) is 4.72. The Morgan fingerprint density at radius 3 is 2.82 bits per heavy atom. The van der Waals surface area contributed by atoms with Gasteiger partial charge < -0.3 is 10.8 Å². The van der Waals surface area contributed by atoms with Crippen LogP contribution in [0.1, 0.15) is 38.6 Å². The maximum atomic E-state index is 9.52. The van der Waals surface area contributed by atoms with Crippen molar-refractivity contribution >= 4 is 10.9 Å². The van der Waals surface area contributed by atoms with Gasteiger partial charge in [0.05, 0.1) is 36.7 Å². The zero-order valence-electron chi connectivity index (χ0n) is 16.7. The van der Waals surface area contributed by atoms with Gasteiger partial charge in [-0.2, -0.15) is 5.10 Å². The first-order chi connectivity index (χ1) is 14.1. The number of hydrogen-bond donors (Lipinski definition) is 2. The third-order valence-electron chi connectivity index (χ3n) is 4.72. The number of aromatic nitrogens is 4. The second kappa shape index (κ2) is 7.88. The number of hydrogen-bond acceptors (Lipinski definition) is 5. The summed E-state index contributed by atoms with van der Waals surface area (Å²) in [4.78, 5) is 9.12. The molecular formula is C22H23N5O. The zero-order chi connectivity index (χ0) is 20.4. The molecule has 4 aromatic rings. The molecule has 3 aromatic heterocycles. The summed E-state index contributed by atoms with van der Waals surface area (Å²) in [6.07, 6.45) is 3.68. The van der Waals surface area contributed by atoms with Gasteiger partial charge in [-0.3, -0.25) is 4.98 Å². The minimum absolute atomic E-state index is 0.0718. The largest absolute Gasteiger partial charge is 0.390 e. The van der Waals surface area contributed by atoms with Crippen LogP contribution in [0.4, 0.5) is 0 Å². The van der Waals surface area contributed by atoms with Crippen molar-refractivity contribution < 1.29 is 6.48 Å². The van der Waals surface area contributed by atoms with Crippen LogP contribution in [0.15, 0.2) is 60.8 Å². The second-order valence-corrected chi connectivity index (χ2v) is 6.72. The standard InChI is InChI=1S/C22H23N5O/c1-2-5-18(23)20-8-4-7-19(26-20)15-10-11-16-13-24-27(21(16)12-15)22-9-3-6-17(14-28)25-22/h3-4,6-13,18,28H,2,5,14,23H2,1H3/i14D/t14-,18?/m0/s1. The average Bonchev–Trinajstić information content (AvgIpc) is 3.17. The molecule has 2 atom stereocenters. The van der Waals surface area contributed by atoms with Gasteiger partial charge >= 0.3 is 0 Å². The number of pyridine rings is 2. The normalized spacial score (nSPS) is 14.0. The molecule has 4 rings (SSSR count). The first-order valence-electron chi connectivity index (χ1n) is 9.93. The Balaban J connectivity index is 1.77. The summed E-state index contributed by atoms with van der Waals surface area (Å²) in [6.45, 7) is 0.730. The SMILES string of the molecule is [2H][C@H](O)c1cccc(-n2ncc3ccc(-c4cccc(C(N)CCC)n4)cc32)n1. The lowest BCUT2D eigenvalue weighted by Gasteiger charge is -2.11. The van der Waals surface area contributed by atoms with E-state index in [4.69, 9.17) is 12.1 Å². The van der Waals surface area contributed by atoms with Crippen molar-refractivity contribution in [3.05, 3.63) is 72.2 Å². The van der Waals surface area contributed by atoms with Crippen LogP contribution in [0.25, 0.3) is 28.0 Å². The van der Waals surface area contributed by atoms with Crippen molar-refractivity contribution in [2.45, 2.75) is 32.4 Å². The highest BCUT2D eigenvalue weighted by Gasteiger charge is 2.11. The number of aliphatic hydroxyl groups is 1. The average molecular weight is 374 g/mol. The molecule has 0 saturated carbocycles. The molecule has 0 aliphatic heterocycles. The number of nitrogens with two attached hydrogens (primary N) is 1. The maximum absolute atomic E-state index is 9.52. The number of aliphatic hydroxyl groups excluding tert-OH is 1. The van der Waals surface area contributed by atoms with Gasteiger partial charge in [0.1, 0.15) is 0 Å². The zero-order valence-corrected chi connectivity index (χ0v) is 15.7. The molecule has 0 fully saturated rings. The first kappa shape index (κ1) is 17.0. The number of fused-ring (bicyclic) bond motifs is 1. The van der Waals surface area contributed by atoms with Gasteiger partial charge in [0.2, 0.25) is 0 Å². The fourth-order valence-corrected chi connectivity index (χ4v) is 3.27. The van der Waals surface area contributed by atoms with Crippen LogP contribution in [0.3, 0.4) is 0 Å². The fourth-order valence-electron chi connectivity index (χ4n) is 3.27. The van der Waals surface area contributed by atoms with E-state index in [0.29, 0.717) is 5.82 Å². The van der Waals surface area contributed by atoms with Crippen LogP contribution in [-0.2, 0) is 6.58 Å². The van der Waals surface area contributed by atoms with Gasteiger partial charge in [-0.15, -0.1) is 0 Å². The summed E-state index contributed by atoms with van der Waals surface area (Å²) < 4.78 is 9.19. The van der Waals surface area contributed by atoms with Gasteiger partial charge in [-0.1, -0.05) is 37.6 Å². The molecule has 3 N–H and O–H groups in total. The molecule has 0 aliphatic carbocycles. The highest BCUT2D eigenvalue weighted by Crippen LogP contribution is 2.26. The van der Waals surface area contributed by atoms with Crippen molar-refractivity contribution in [2.24, 2.45) is 5.73 Å². The highest BCUT2D eigenvalue weighted by molar-refractivity contribution is 5.84. The number of nitrogens with zero attached hydrogens (tertiary/aromatic N) is 4. The Morgan fingerprint density at radius 2 is 2.00 bits per heavy atom. The molecule has 0 radical (unpaired) electrons. The van der Waals surface area contributed by atoms with E-state index in [1.54, 1.807) is 29.1 Å². The van der Waals surface area contributed by atoms with Gasteiger partial charge in [0.25, 0.3) is 0 Å². The number of rotatable bonds is 6. The molecule has 6 heteroatoms. The highest BCUT2D eigenvalue weighted by atomic mass is 16.3. The molecule has 0 amide bonds. The minimum Gasteiger partial charge on any atom is -0.390 e. The smallest absolute Gasteiger partial charge is 0.154 e. The Hall–Kier alpha value is -3.09. The van der Waals surface area contributed by atoms with Gasteiger partial charge in [0.15, 0.2) is 5.82 Å². The topological polar surface area (TPSA) is 89.8 Å². The molecule has 28 heavy (non-hydrogen) atoms. The fraction of sp³-hybridized carbons (Fsp3) is 0.227. The quantitative estimate of drug-likeness (QED) is 0.536. The van der Waals surface area contributed by atoms with Crippen LogP contribution < -0.4 is 5.73 Å². The Bertz CT molecular complexity index is 1140. The van der Waals surface area contributed by atoms with E-state index in [9.17, 15) is 5.11 Å².